The van der Waals surface area contributed by atoms with Crippen molar-refractivity contribution in [2.24, 2.45) is 0 Å². The van der Waals surface area contributed by atoms with Gasteiger partial charge in [0.15, 0.2) is 5.82 Å². The van der Waals surface area contributed by atoms with E-state index in [9.17, 15) is 9.90 Å². The van der Waals surface area contributed by atoms with E-state index in [2.05, 4.69) is 10.2 Å². The van der Waals surface area contributed by atoms with Crippen LogP contribution >= 0.6 is 0 Å². The van der Waals surface area contributed by atoms with Gasteiger partial charge < -0.3 is 0 Å². The van der Waals surface area contributed by atoms with Gasteiger partial charge in [-0.15, -0.1) is 5.10 Å². The molecule has 0 saturated heterocycles. The monoisotopic (exact) mass is 138 g/mol. The summed E-state index contributed by atoms with van der Waals surface area (Å²) in [5.74, 6) is 0.169. The van der Waals surface area contributed by atoms with E-state index in [1.165, 1.54) is 12.3 Å². The second-order valence-electron chi connectivity index (χ2n) is 1.52. The molecule has 0 aliphatic heterocycles. The van der Waals surface area contributed by atoms with Crippen molar-refractivity contribution in [3.63, 3.8) is 0 Å². The molecule has 0 aliphatic rings. The summed E-state index contributed by atoms with van der Waals surface area (Å²) >= 11 is 0. The van der Waals surface area contributed by atoms with Crippen molar-refractivity contribution in [3.05, 3.63) is 18.3 Å². The molecule has 0 saturated carbocycles. The number of amides is 1. The number of nitrogens with one attached hydrogen (secondary N) is 1. The van der Waals surface area contributed by atoms with Crippen LogP contribution in [0.2, 0.25) is 0 Å². The molecule has 51 valence electrons. The van der Waals surface area contributed by atoms with Crippen molar-refractivity contribution in [3.8, 4) is 0 Å². The zero-order valence-corrected chi connectivity index (χ0v) is 4.94. The molecule has 0 aromatic carbocycles. The van der Waals surface area contributed by atoms with Crippen LogP contribution in [0.4, 0.5) is 10.6 Å². The summed E-state index contributed by atoms with van der Waals surface area (Å²) in [6.07, 6.45) is 0.0565. The van der Waals surface area contributed by atoms with Crippen LogP contribution in [-0.2, 0) is 5.11 Å². The Kier molecular flexibility index (Phi) is 1.79. The van der Waals surface area contributed by atoms with Crippen molar-refractivity contribution in [1.82, 2.24) is 10.2 Å². The lowest BCUT2D eigenvalue weighted by molar-refractivity contribution is 0.185. The van der Waals surface area contributed by atoms with Gasteiger partial charge in [0.1, 0.15) is 0 Å². The molecule has 1 rings (SSSR count). The number of nitrogens with zero attached hydrogens (tertiary/aromatic N) is 2. The van der Waals surface area contributed by atoms with Crippen molar-refractivity contribution >= 4 is 11.9 Å². The van der Waals surface area contributed by atoms with E-state index in [0.29, 0.717) is 0 Å². The quantitative estimate of drug-likeness (QED) is 0.611. The summed E-state index contributed by atoms with van der Waals surface area (Å²) in [6, 6.07) is 3.04. The number of carbonyl (C=O) groups is 1. The van der Waals surface area contributed by atoms with Gasteiger partial charge in [-0.25, -0.2) is 9.90 Å². The van der Waals surface area contributed by atoms with Crippen LogP contribution in [0.1, 0.15) is 0 Å². The number of carbonyl (C=O) groups excluding carboxylic acids is 1. The predicted octanol–water partition coefficient (Wildman–Crippen LogP) is 0.439. The Labute approximate surface area is 56.7 Å². The standard InChI is InChI=1S/C5H4N3O2/c9-5(10)7-4-2-1-3-6-8-4/h1-3H,(H,7,8). The first kappa shape index (κ1) is 6.47. The molecule has 0 unspecified atom stereocenters. The van der Waals surface area contributed by atoms with Gasteiger partial charge in [0.25, 0.3) is 0 Å². The lowest BCUT2D eigenvalue weighted by Gasteiger charge is -1.92. The van der Waals surface area contributed by atoms with Crippen molar-refractivity contribution in [1.29, 1.82) is 0 Å². The van der Waals surface area contributed by atoms with Crippen LogP contribution in [0.5, 0.6) is 0 Å². The highest BCUT2D eigenvalue weighted by Gasteiger charge is 1.98. The molecule has 1 aromatic rings. The van der Waals surface area contributed by atoms with Crippen LogP contribution in [0.3, 0.4) is 0 Å². The minimum atomic E-state index is -1.39. The van der Waals surface area contributed by atoms with Crippen LogP contribution in [-0.4, -0.2) is 16.3 Å². The van der Waals surface area contributed by atoms with E-state index < -0.39 is 6.09 Å². The van der Waals surface area contributed by atoms with Crippen LogP contribution in [0.25, 0.3) is 0 Å². The molecule has 0 aliphatic carbocycles. The smallest absolute Gasteiger partial charge is 0.271 e. The maximum Gasteiger partial charge on any atom is 0.456 e. The third-order valence-electron chi connectivity index (χ3n) is 0.802. The normalized spacial score (nSPS) is 8.80. The average Bonchev–Trinajstić information content (AvgIpc) is 1.88. The van der Waals surface area contributed by atoms with Crippen LogP contribution < -0.4 is 5.32 Å². The third kappa shape index (κ3) is 1.70. The highest BCUT2D eigenvalue weighted by molar-refractivity contribution is 5.80. The molecule has 0 fully saturated rings. The van der Waals surface area contributed by atoms with Gasteiger partial charge in [0, 0.05) is 6.20 Å². The van der Waals surface area contributed by atoms with E-state index in [1.54, 1.807) is 6.07 Å². The van der Waals surface area contributed by atoms with Gasteiger partial charge >= 0.3 is 6.09 Å². The maximum absolute atomic E-state index is 9.88. The number of hydrogen-bond donors (Lipinski definition) is 1. The Morgan fingerprint density at radius 3 is 2.90 bits per heavy atom. The average molecular weight is 138 g/mol. The summed E-state index contributed by atoms with van der Waals surface area (Å²) < 4.78 is 0. The van der Waals surface area contributed by atoms with E-state index >= 15 is 0 Å². The molecule has 10 heavy (non-hydrogen) atoms. The first-order valence-electron chi connectivity index (χ1n) is 2.55. The highest BCUT2D eigenvalue weighted by Crippen LogP contribution is 1.96. The number of aromatic nitrogens is 2. The minimum absolute atomic E-state index is 0.169. The number of rotatable bonds is 1. The zero-order chi connectivity index (χ0) is 7.40. The molecule has 1 radical (unpaired) electrons. The first-order chi connectivity index (χ1) is 4.79. The summed E-state index contributed by atoms with van der Waals surface area (Å²) in [7, 11) is 0. The summed E-state index contributed by atoms with van der Waals surface area (Å²) in [6.45, 7) is 0. The van der Waals surface area contributed by atoms with E-state index in [0.717, 1.165) is 0 Å². The maximum atomic E-state index is 9.88. The van der Waals surface area contributed by atoms with Gasteiger partial charge in [-0.3, -0.25) is 5.32 Å². The predicted molar refractivity (Wildman–Crippen MR) is 31.7 cm³/mol. The molecule has 1 amide bonds. The number of anilines is 1. The van der Waals surface area contributed by atoms with Crippen molar-refractivity contribution in [2.75, 3.05) is 5.32 Å². The van der Waals surface area contributed by atoms with Gasteiger partial charge in [-0.1, -0.05) is 0 Å². The molecular formula is C5H4N3O2. The van der Waals surface area contributed by atoms with Gasteiger partial charge in [0.05, 0.1) is 0 Å². The summed E-state index contributed by atoms with van der Waals surface area (Å²) in [4.78, 5) is 9.88. The Hall–Kier alpha value is -1.65. The molecule has 1 aromatic heterocycles. The van der Waals surface area contributed by atoms with Crippen molar-refractivity contribution < 1.29 is 9.90 Å². The molecule has 0 atom stereocenters. The third-order valence-corrected chi connectivity index (χ3v) is 0.802. The van der Waals surface area contributed by atoms with E-state index in [1.807, 2.05) is 5.32 Å². The first-order valence-corrected chi connectivity index (χ1v) is 2.55. The fourth-order valence-electron chi connectivity index (χ4n) is 0.473. The highest BCUT2D eigenvalue weighted by atomic mass is 16.4. The molecule has 5 nitrogen and oxygen atoms in total. The Bertz CT molecular complexity index is 224. The Morgan fingerprint density at radius 2 is 2.40 bits per heavy atom. The molecular weight excluding hydrogens is 134 g/mol. The van der Waals surface area contributed by atoms with Crippen LogP contribution in [0.15, 0.2) is 18.3 Å². The topological polar surface area (TPSA) is 74.8 Å². The molecule has 5 heteroatoms. The Balaban J connectivity index is 2.67. The SMILES string of the molecule is [O]C(=O)Nc1cccnn1. The van der Waals surface area contributed by atoms with Crippen LogP contribution in [0, 0.1) is 0 Å². The summed E-state index contributed by atoms with van der Waals surface area (Å²) in [5.41, 5.74) is 0. The van der Waals surface area contributed by atoms with Gasteiger partial charge in [0.2, 0.25) is 0 Å². The second kappa shape index (κ2) is 2.77. The molecule has 0 spiro atoms. The fourth-order valence-corrected chi connectivity index (χ4v) is 0.473. The largest absolute Gasteiger partial charge is 0.456 e. The van der Waals surface area contributed by atoms with E-state index in [4.69, 9.17) is 0 Å². The van der Waals surface area contributed by atoms with Crippen molar-refractivity contribution in [2.45, 2.75) is 0 Å². The lowest BCUT2D eigenvalue weighted by Crippen LogP contribution is -2.07. The van der Waals surface area contributed by atoms with E-state index in [-0.39, 0.29) is 5.82 Å². The number of hydrogen-bond acceptors (Lipinski definition) is 3. The zero-order valence-electron chi connectivity index (χ0n) is 4.94. The minimum Gasteiger partial charge on any atom is -0.271 e. The Morgan fingerprint density at radius 1 is 1.60 bits per heavy atom. The molecule has 1 heterocycles. The lowest BCUT2D eigenvalue weighted by atomic mass is 10.5. The fraction of sp³-hybridized carbons (Fsp3) is 0. The molecule has 0 bridgehead atoms. The van der Waals surface area contributed by atoms with Gasteiger partial charge in [-0.2, -0.15) is 5.10 Å². The summed E-state index contributed by atoms with van der Waals surface area (Å²) in [5, 5.41) is 18.7. The van der Waals surface area contributed by atoms with Gasteiger partial charge in [-0.05, 0) is 12.1 Å². The second-order valence-corrected chi connectivity index (χ2v) is 1.52. The molecule has 1 N–H and O–H groups in total.